The molecule has 0 bridgehead atoms. The van der Waals surface area contributed by atoms with Crippen LogP contribution in [0.2, 0.25) is 0 Å². The number of aliphatic hydroxyl groups excluding tert-OH is 1. The number of allylic oxidation sites excluding steroid dienone is 2. The molecule has 4 nitrogen and oxygen atoms in total. The van der Waals surface area contributed by atoms with Crippen LogP contribution in [0.4, 0.5) is 13.2 Å². The average molecular weight is 825 g/mol. The number of ketones is 1. The molecule has 0 aliphatic heterocycles. The van der Waals surface area contributed by atoms with Crippen LogP contribution in [0.3, 0.4) is 0 Å². The molecule has 5 rings (SSSR count). The topological polar surface area (TPSA) is 63.1 Å². The molecule has 245 valence electrons. The summed E-state index contributed by atoms with van der Waals surface area (Å²) in [6, 6.07) is 18.7. The monoisotopic (exact) mass is 825 g/mol. The number of carbonyl (C=O) groups excluding carboxylic acids is 1. The molecule has 0 spiro atoms. The first kappa shape index (κ1) is 35.5. The summed E-state index contributed by atoms with van der Waals surface area (Å²) in [5, 5.41) is 11.1. The van der Waals surface area contributed by atoms with E-state index < -0.39 is 23.6 Å². The van der Waals surface area contributed by atoms with Crippen molar-refractivity contribution in [3.63, 3.8) is 0 Å². The number of halogens is 3. The minimum Gasteiger partial charge on any atom is -0.512 e. The number of nitrogens with zero attached hydrogens (tertiary/aromatic N) is 2. The molecule has 0 aliphatic rings. The average Bonchev–Trinajstić information content (AvgIpc) is 3.26. The number of thiophene rings is 1. The minimum absolute atomic E-state index is 0. The number of alkyl halides is 3. The van der Waals surface area contributed by atoms with Crippen LogP contribution in [-0.2, 0) is 30.3 Å². The van der Waals surface area contributed by atoms with Crippen molar-refractivity contribution in [3.8, 4) is 21.7 Å². The summed E-state index contributed by atoms with van der Waals surface area (Å²) >= 11 is 1.73. The van der Waals surface area contributed by atoms with Crippen LogP contribution in [-0.4, -0.2) is 27.0 Å². The maximum absolute atomic E-state index is 11.6. The first-order valence-electron chi connectivity index (χ1n) is 15.1. The predicted molar refractivity (Wildman–Crippen MR) is 179 cm³/mol. The van der Waals surface area contributed by atoms with Crippen molar-refractivity contribution < 1.29 is 44.5 Å². The third-order valence-electron chi connectivity index (χ3n) is 7.55. The van der Waals surface area contributed by atoms with Gasteiger partial charge in [0, 0.05) is 47.4 Å². The fraction of sp³-hybridized carbons (Fsp3) is 0.324. The zero-order valence-electron chi connectivity index (χ0n) is 28.3. The van der Waals surface area contributed by atoms with Crippen molar-refractivity contribution >= 4 is 38.1 Å². The van der Waals surface area contributed by atoms with Gasteiger partial charge in [0.2, 0.25) is 0 Å². The molecule has 1 N–H and O–H groups in total. The van der Waals surface area contributed by atoms with Crippen LogP contribution < -0.4 is 0 Å². The summed E-state index contributed by atoms with van der Waals surface area (Å²) in [6.45, 7) is 18.3. The van der Waals surface area contributed by atoms with E-state index in [-0.39, 0.29) is 37.9 Å². The van der Waals surface area contributed by atoms with Crippen molar-refractivity contribution in [1.82, 2.24) is 9.97 Å². The van der Waals surface area contributed by atoms with Gasteiger partial charge in [-0.15, -0.1) is 40.5 Å². The smallest absolute Gasteiger partial charge is 0.454 e. The molecule has 2 aromatic heterocycles. The molecular weight excluding hydrogens is 786 g/mol. The maximum Gasteiger partial charge on any atom is 0.454 e. The summed E-state index contributed by atoms with van der Waals surface area (Å²) in [5.74, 6) is -3.07. The third kappa shape index (κ3) is 7.93. The Hall–Kier alpha value is -3.39. The molecule has 5 aromatic rings. The van der Waals surface area contributed by atoms with Crippen LogP contribution in [0.25, 0.3) is 42.7 Å². The second-order valence-corrected chi connectivity index (χ2v) is 13.7. The normalized spacial score (nSPS) is 12.5. The Labute approximate surface area is 287 Å². The number of fused-ring (bicyclic) bond motifs is 2. The van der Waals surface area contributed by atoms with Crippen molar-refractivity contribution in [2.75, 3.05) is 0 Å². The Bertz CT molecular complexity index is 1970. The quantitative estimate of drug-likeness (QED) is 0.111. The van der Waals surface area contributed by atoms with E-state index in [4.69, 9.17) is 6.48 Å². The fourth-order valence-corrected chi connectivity index (χ4v) is 6.72. The fourth-order valence-electron chi connectivity index (χ4n) is 5.30. The first-order valence-corrected chi connectivity index (χ1v) is 15.4. The minimum atomic E-state index is -4.90. The largest absolute Gasteiger partial charge is 0.512 e. The molecule has 3 aromatic carbocycles. The van der Waals surface area contributed by atoms with Crippen LogP contribution in [0.1, 0.15) is 63.8 Å². The molecule has 46 heavy (non-hydrogen) atoms. The van der Waals surface area contributed by atoms with E-state index in [9.17, 15) is 18.0 Å². The summed E-state index contributed by atoms with van der Waals surface area (Å²) < 4.78 is 44.1. The summed E-state index contributed by atoms with van der Waals surface area (Å²) in [7, 11) is 0. The number of aromatic nitrogens is 2. The van der Waals surface area contributed by atoms with E-state index in [2.05, 4.69) is 107 Å². The Balaban J connectivity index is 0.000000397. The second-order valence-electron chi connectivity index (χ2n) is 12.7. The molecule has 2 heterocycles. The van der Waals surface area contributed by atoms with Crippen molar-refractivity contribution in [2.24, 2.45) is 5.92 Å². The summed E-state index contributed by atoms with van der Waals surface area (Å²) in [6.07, 6.45) is -4.65. The van der Waals surface area contributed by atoms with E-state index in [1.807, 2.05) is 0 Å². The van der Waals surface area contributed by atoms with Gasteiger partial charge in [-0.25, -0.2) is 4.98 Å². The molecule has 0 saturated carbocycles. The van der Waals surface area contributed by atoms with Crippen LogP contribution in [0, 0.1) is 39.7 Å². The van der Waals surface area contributed by atoms with Gasteiger partial charge in [-0.05, 0) is 55.4 Å². The van der Waals surface area contributed by atoms with Crippen molar-refractivity contribution in [3.05, 3.63) is 94.5 Å². The van der Waals surface area contributed by atoms with Gasteiger partial charge in [0.15, 0.2) is 0 Å². The van der Waals surface area contributed by atoms with Gasteiger partial charge in [0.1, 0.15) is 7.67 Å². The number of carbonyl (C=O) groups is 1. The van der Waals surface area contributed by atoms with Gasteiger partial charge in [-0.2, -0.15) is 13.2 Å². The molecule has 9 heteroatoms. The van der Waals surface area contributed by atoms with Gasteiger partial charge >= 0.3 is 6.18 Å². The molecule has 1 radical (unpaired) electrons. The second kappa shape index (κ2) is 14.2. The Morgan fingerprint density at radius 1 is 1.02 bits per heavy atom. The van der Waals surface area contributed by atoms with E-state index in [1.165, 1.54) is 51.9 Å². The van der Waals surface area contributed by atoms with E-state index in [0.717, 1.165) is 32.4 Å². The standard InChI is InChI=1S/C30H29N2S.C7H9F3O2.Ir/c1-17-12-18(2)25(19(3)13-17)28-20(4)26-29(33-28)27(32-16-31-26)22-14-21-10-8-9-11-23(21)24(15-22)30(5,6)7;1-4(2)5(11)3-6(12)7(8,9)10;/h8-13,15-16H,1-7H3;3-4,11H,1-2H3;/q-1;;/b;5-3-;/i16D;;. The molecule has 0 fully saturated rings. The van der Waals surface area contributed by atoms with E-state index in [0.29, 0.717) is 0 Å². The molecule has 0 unspecified atom stereocenters. The number of aryl methyl sites for hydroxylation is 4. The number of hydrogen-bond acceptors (Lipinski definition) is 5. The third-order valence-corrected chi connectivity index (χ3v) is 8.85. The number of benzene rings is 3. The number of aliphatic hydroxyl groups is 1. The van der Waals surface area contributed by atoms with Crippen molar-refractivity contribution in [1.29, 1.82) is 0 Å². The van der Waals surface area contributed by atoms with Gasteiger partial charge in [0.05, 0.1) is 11.3 Å². The van der Waals surface area contributed by atoms with Crippen LogP contribution in [0.15, 0.2) is 60.6 Å². The summed E-state index contributed by atoms with van der Waals surface area (Å²) in [4.78, 5) is 20.6. The molecule has 0 aliphatic carbocycles. The Kier molecular flexibility index (Phi) is 10.9. The number of hydrogen-bond donors (Lipinski definition) is 1. The van der Waals surface area contributed by atoms with Gasteiger partial charge in [-0.1, -0.05) is 81.5 Å². The van der Waals surface area contributed by atoms with E-state index >= 15 is 0 Å². The number of rotatable bonds is 4. The maximum atomic E-state index is 11.6. The van der Waals surface area contributed by atoms with Gasteiger partial charge < -0.3 is 5.11 Å². The van der Waals surface area contributed by atoms with Gasteiger partial charge in [-0.3, -0.25) is 9.78 Å². The van der Waals surface area contributed by atoms with Crippen LogP contribution in [0.5, 0.6) is 0 Å². The first-order chi connectivity index (χ1) is 21.3. The molecular formula is C37H38F3IrN2O2S-. The zero-order valence-corrected chi connectivity index (χ0v) is 30.5. The Morgan fingerprint density at radius 2 is 1.63 bits per heavy atom. The predicted octanol–water partition coefficient (Wildman–Crippen LogP) is 10.7. The SMILES string of the molecule is CC(C)/C(O)=C/C(=O)C(F)(F)F.[2H]c1nc(-c2[c-]c3ccccc3c(C(C)(C)C)c2)c2sc(-c3c(C)cc(C)cc3C)c(C)c2n1.[Ir]. The van der Waals surface area contributed by atoms with Crippen molar-refractivity contribution in [2.45, 2.75) is 73.9 Å². The van der Waals surface area contributed by atoms with Crippen LogP contribution >= 0.6 is 11.3 Å². The molecule has 0 atom stereocenters. The zero-order chi connectivity index (χ0) is 34.3. The molecule has 0 amide bonds. The van der Waals surface area contributed by atoms with Gasteiger partial charge in [0.25, 0.3) is 5.78 Å². The molecule has 0 saturated heterocycles. The summed E-state index contributed by atoms with van der Waals surface area (Å²) in [5.41, 5.74) is 9.99. The van der Waals surface area contributed by atoms with E-state index in [1.54, 1.807) is 11.3 Å². The Morgan fingerprint density at radius 3 is 2.20 bits per heavy atom.